The van der Waals surface area contributed by atoms with Crippen LogP contribution in [0.25, 0.3) is 0 Å². The van der Waals surface area contributed by atoms with Crippen molar-refractivity contribution in [2.45, 2.75) is 19.4 Å². The molecular formula is C4H11BO4. The zero-order valence-electron chi connectivity index (χ0n) is 5.32. The summed E-state index contributed by atoms with van der Waals surface area (Å²) in [7, 11) is -1.77. The van der Waals surface area contributed by atoms with Crippen LogP contribution in [0.5, 0.6) is 0 Å². The summed E-state index contributed by atoms with van der Waals surface area (Å²) >= 11 is 0. The lowest BCUT2D eigenvalue weighted by molar-refractivity contribution is 0.0744. The van der Waals surface area contributed by atoms with E-state index in [9.17, 15) is 0 Å². The standard InChI is InChI=1S/C4H11BO4/c1-2-4(6)3-9-5(7)8/h4,6-8H,2-3H2,1H3. The average Bonchev–Trinajstić information content (AvgIpc) is 1.83. The van der Waals surface area contributed by atoms with E-state index >= 15 is 0 Å². The van der Waals surface area contributed by atoms with Gasteiger partial charge in [-0.05, 0) is 6.42 Å². The Labute approximate surface area is 54.3 Å². The van der Waals surface area contributed by atoms with Crippen LogP contribution < -0.4 is 0 Å². The highest BCUT2D eigenvalue weighted by Crippen LogP contribution is 1.89. The maximum Gasteiger partial charge on any atom is 0.633 e. The summed E-state index contributed by atoms with van der Waals surface area (Å²) in [6, 6.07) is 0. The Hall–Kier alpha value is -0.0951. The molecule has 3 N–H and O–H groups in total. The van der Waals surface area contributed by atoms with Gasteiger partial charge in [-0.1, -0.05) is 6.92 Å². The monoisotopic (exact) mass is 134 g/mol. The minimum atomic E-state index is -1.77. The highest BCUT2D eigenvalue weighted by molar-refractivity contribution is 6.32. The van der Waals surface area contributed by atoms with Crippen LogP contribution in [0, 0.1) is 0 Å². The molecule has 0 fully saturated rings. The molecule has 0 rings (SSSR count). The van der Waals surface area contributed by atoms with Crippen molar-refractivity contribution in [2.24, 2.45) is 0 Å². The van der Waals surface area contributed by atoms with Crippen molar-refractivity contribution < 1.29 is 19.8 Å². The van der Waals surface area contributed by atoms with Gasteiger partial charge in [0, 0.05) is 0 Å². The van der Waals surface area contributed by atoms with E-state index in [0.29, 0.717) is 6.42 Å². The SMILES string of the molecule is CCC(O)COB(O)O. The van der Waals surface area contributed by atoms with E-state index in [4.69, 9.17) is 15.2 Å². The van der Waals surface area contributed by atoms with Gasteiger partial charge in [0.2, 0.25) is 0 Å². The minimum absolute atomic E-state index is 0.0336. The molecule has 4 nitrogen and oxygen atoms in total. The Morgan fingerprint density at radius 2 is 2.11 bits per heavy atom. The summed E-state index contributed by atoms with van der Waals surface area (Å²) in [6.07, 6.45) is -0.0565. The van der Waals surface area contributed by atoms with E-state index in [0.717, 1.165) is 0 Å². The second-order valence-corrected chi connectivity index (χ2v) is 1.72. The second kappa shape index (κ2) is 4.75. The molecule has 54 valence electrons. The van der Waals surface area contributed by atoms with Gasteiger partial charge >= 0.3 is 7.32 Å². The Kier molecular flexibility index (Phi) is 4.70. The average molecular weight is 134 g/mol. The van der Waals surface area contributed by atoms with Crippen LogP contribution in [0.15, 0.2) is 0 Å². The van der Waals surface area contributed by atoms with Gasteiger partial charge in [0.05, 0.1) is 12.7 Å². The molecule has 0 spiro atoms. The quantitative estimate of drug-likeness (QED) is 0.420. The van der Waals surface area contributed by atoms with Crippen molar-refractivity contribution >= 4 is 7.32 Å². The molecule has 0 amide bonds. The molecule has 9 heavy (non-hydrogen) atoms. The third kappa shape index (κ3) is 5.78. The molecule has 1 atom stereocenters. The van der Waals surface area contributed by atoms with E-state index in [2.05, 4.69) is 4.65 Å². The van der Waals surface area contributed by atoms with Crippen molar-refractivity contribution in [1.29, 1.82) is 0 Å². The fourth-order valence-electron chi connectivity index (χ4n) is 0.315. The fraction of sp³-hybridized carbons (Fsp3) is 1.00. The van der Waals surface area contributed by atoms with Gasteiger partial charge in [-0.25, -0.2) is 0 Å². The molecule has 0 radical (unpaired) electrons. The first-order valence-corrected chi connectivity index (χ1v) is 2.82. The molecular weight excluding hydrogens is 123 g/mol. The molecule has 0 aliphatic carbocycles. The normalized spacial score (nSPS) is 13.3. The van der Waals surface area contributed by atoms with Crippen molar-refractivity contribution in [3.8, 4) is 0 Å². The predicted molar refractivity (Wildman–Crippen MR) is 32.4 cm³/mol. The molecule has 1 unspecified atom stereocenters. The summed E-state index contributed by atoms with van der Waals surface area (Å²) in [5.41, 5.74) is 0. The van der Waals surface area contributed by atoms with Gasteiger partial charge in [-0.2, -0.15) is 0 Å². The van der Waals surface area contributed by atoms with Gasteiger partial charge in [0.1, 0.15) is 0 Å². The van der Waals surface area contributed by atoms with Gasteiger partial charge in [0.25, 0.3) is 0 Å². The van der Waals surface area contributed by atoms with Crippen molar-refractivity contribution in [3.63, 3.8) is 0 Å². The minimum Gasteiger partial charge on any atom is -0.402 e. The molecule has 0 heterocycles. The van der Waals surface area contributed by atoms with Crippen LogP contribution >= 0.6 is 0 Å². The maximum absolute atomic E-state index is 8.76. The first kappa shape index (κ1) is 8.90. The molecule has 0 bridgehead atoms. The molecule has 0 aromatic rings. The third-order valence-electron chi connectivity index (χ3n) is 0.909. The summed E-state index contributed by atoms with van der Waals surface area (Å²) in [5, 5.41) is 25.0. The van der Waals surface area contributed by atoms with E-state index in [1.54, 1.807) is 6.92 Å². The van der Waals surface area contributed by atoms with Crippen molar-refractivity contribution in [3.05, 3.63) is 0 Å². The lowest BCUT2D eigenvalue weighted by atomic mass is 10.2. The number of hydrogen-bond donors (Lipinski definition) is 3. The van der Waals surface area contributed by atoms with E-state index < -0.39 is 13.4 Å². The summed E-state index contributed by atoms with van der Waals surface area (Å²) in [6.45, 7) is 1.74. The van der Waals surface area contributed by atoms with Crippen LogP contribution in [-0.2, 0) is 4.65 Å². The van der Waals surface area contributed by atoms with Gasteiger partial charge < -0.3 is 19.8 Å². The first-order chi connectivity index (χ1) is 4.16. The molecule has 0 saturated heterocycles. The number of hydrogen-bond acceptors (Lipinski definition) is 4. The molecule has 0 aliphatic rings. The maximum atomic E-state index is 8.76. The summed E-state index contributed by atoms with van der Waals surface area (Å²) in [5.74, 6) is 0. The Balaban J connectivity index is 3.06. The summed E-state index contributed by atoms with van der Waals surface area (Å²) < 4.78 is 4.26. The van der Waals surface area contributed by atoms with Crippen LogP contribution in [0.2, 0.25) is 0 Å². The largest absolute Gasteiger partial charge is 0.633 e. The fourth-order valence-corrected chi connectivity index (χ4v) is 0.315. The second-order valence-electron chi connectivity index (χ2n) is 1.72. The van der Waals surface area contributed by atoms with Crippen LogP contribution in [0.4, 0.5) is 0 Å². The van der Waals surface area contributed by atoms with Crippen LogP contribution in [-0.4, -0.2) is 35.2 Å². The molecule has 0 aromatic heterocycles. The highest BCUT2D eigenvalue weighted by atomic mass is 16.6. The predicted octanol–water partition coefficient (Wildman–Crippen LogP) is -1.26. The molecule has 0 aromatic carbocycles. The lowest BCUT2D eigenvalue weighted by Gasteiger charge is -2.06. The first-order valence-electron chi connectivity index (χ1n) is 2.82. The Morgan fingerprint density at radius 3 is 2.44 bits per heavy atom. The van der Waals surface area contributed by atoms with E-state index in [1.165, 1.54) is 0 Å². The van der Waals surface area contributed by atoms with E-state index in [1.807, 2.05) is 0 Å². The zero-order chi connectivity index (χ0) is 7.28. The molecule has 5 heteroatoms. The van der Waals surface area contributed by atoms with Gasteiger partial charge in [-0.3, -0.25) is 0 Å². The highest BCUT2D eigenvalue weighted by Gasteiger charge is 2.10. The smallest absolute Gasteiger partial charge is 0.402 e. The number of rotatable bonds is 4. The summed E-state index contributed by atoms with van der Waals surface area (Å²) in [4.78, 5) is 0. The number of aliphatic hydroxyl groups is 1. The molecule has 0 aliphatic heterocycles. The topological polar surface area (TPSA) is 69.9 Å². The Morgan fingerprint density at radius 1 is 1.56 bits per heavy atom. The number of aliphatic hydroxyl groups excluding tert-OH is 1. The molecule has 0 saturated carbocycles. The van der Waals surface area contributed by atoms with E-state index in [-0.39, 0.29) is 6.61 Å². The van der Waals surface area contributed by atoms with Crippen LogP contribution in [0.1, 0.15) is 13.3 Å². The van der Waals surface area contributed by atoms with Crippen molar-refractivity contribution in [2.75, 3.05) is 6.61 Å². The van der Waals surface area contributed by atoms with Gasteiger partial charge in [-0.15, -0.1) is 0 Å². The van der Waals surface area contributed by atoms with Crippen LogP contribution in [0.3, 0.4) is 0 Å². The lowest BCUT2D eigenvalue weighted by Crippen LogP contribution is -2.24. The van der Waals surface area contributed by atoms with Crippen molar-refractivity contribution in [1.82, 2.24) is 0 Å². The zero-order valence-corrected chi connectivity index (χ0v) is 5.32. The van der Waals surface area contributed by atoms with Gasteiger partial charge in [0.15, 0.2) is 0 Å². The Bertz CT molecular complexity index is 67.6. The third-order valence-corrected chi connectivity index (χ3v) is 0.909.